The number of fused-ring (bicyclic) bond motifs is 1. The predicted molar refractivity (Wildman–Crippen MR) is 111 cm³/mol. The van der Waals surface area contributed by atoms with E-state index in [0.29, 0.717) is 17.6 Å². The first-order valence-corrected chi connectivity index (χ1v) is 10.1. The van der Waals surface area contributed by atoms with E-state index in [-0.39, 0.29) is 5.91 Å². The molecule has 4 N–H and O–H groups in total. The largest absolute Gasteiger partial charge is 0.378 e. The van der Waals surface area contributed by atoms with Crippen molar-refractivity contribution in [2.45, 2.75) is 44.9 Å². The third kappa shape index (κ3) is 4.11. The Kier molecular flexibility index (Phi) is 5.48. The fourth-order valence-electron chi connectivity index (χ4n) is 3.90. The first-order chi connectivity index (χ1) is 13.5. The highest BCUT2D eigenvalue weighted by molar-refractivity contribution is 6.02. The van der Waals surface area contributed by atoms with Gasteiger partial charge in [-0.2, -0.15) is 0 Å². The first-order valence-electron chi connectivity index (χ1n) is 10.1. The van der Waals surface area contributed by atoms with Gasteiger partial charge in [0.25, 0.3) is 5.91 Å². The van der Waals surface area contributed by atoms with E-state index in [1.54, 1.807) is 6.92 Å². The molecule has 7 nitrogen and oxygen atoms in total. The molecule has 1 atom stereocenters. The van der Waals surface area contributed by atoms with Gasteiger partial charge < -0.3 is 26.0 Å². The summed E-state index contributed by atoms with van der Waals surface area (Å²) in [7, 11) is 0. The number of rotatable bonds is 5. The van der Waals surface area contributed by atoms with Crippen LogP contribution in [0.1, 0.15) is 35.7 Å². The quantitative estimate of drug-likeness (QED) is 0.678. The summed E-state index contributed by atoms with van der Waals surface area (Å²) in [6.07, 6.45) is 1.64. The number of nitrogens with two attached hydrogens (primary N) is 1. The zero-order valence-corrected chi connectivity index (χ0v) is 16.6. The standard InChI is InChI=1S/C21H29N5O2/c1-13-3-4-19-15(9-13)10-18(21(27)23-14(2)22)20(25-19)26-7-5-16(6-8-26)24-17-11-28-12-17/h3-4,9-10,14,16-17,24H,5-8,11-12,22H2,1-2H3,(H,23,27)/t14-/m1/s1. The molecule has 2 saturated heterocycles. The van der Waals surface area contributed by atoms with Gasteiger partial charge in [-0.1, -0.05) is 11.6 Å². The summed E-state index contributed by atoms with van der Waals surface area (Å²) in [4.78, 5) is 19.9. The highest BCUT2D eigenvalue weighted by Crippen LogP contribution is 2.27. The first kappa shape index (κ1) is 19.1. The molecule has 2 aliphatic heterocycles. The third-order valence-corrected chi connectivity index (χ3v) is 5.46. The maximum absolute atomic E-state index is 12.8. The van der Waals surface area contributed by atoms with Gasteiger partial charge in [0.1, 0.15) is 5.82 Å². The summed E-state index contributed by atoms with van der Waals surface area (Å²) in [5.41, 5.74) is 8.44. The fraction of sp³-hybridized carbons (Fsp3) is 0.524. The SMILES string of the molecule is Cc1ccc2nc(N3CCC(NC4COC4)CC3)c(C(=O)N[C@H](C)N)cc2c1. The molecule has 1 amide bonds. The molecule has 0 unspecified atom stereocenters. The summed E-state index contributed by atoms with van der Waals surface area (Å²) in [5, 5.41) is 7.44. The summed E-state index contributed by atoms with van der Waals surface area (Å²) in [6.45, 7) is 7.17. The van der Waals surface area contributed by atoms with Crippen molar-refractivity contribution in [3.8, 4) is 0 Å². The molecule has 28 heavy (non-hydrogen) atoms. The van der Waals surface area contributed by atoms with Gasteiger partial charge in [0.05, 0.1) is 36.5 Å². The van der Waals surface area contributed by atoms with E-state index in [2.05, 4.69) is 27.7 Å². The van der Waals surface area contributed by atoms with Gasteiger partial charge in [-0.25, -0.2) is 4.98 Å². The van der Waals surface area contributed by atoms with Gasteiger partial charge in [-0.3, -0.25) is 4.79 Å². The van der Waals surface area contributed by atoms with Gasteiger partial charge >= 0.3 is 0 Å². The monoisotopic (exact) mass is 383 g/mol. The van der Waals surface area contributed by atoms with Crippen molar-refractivity contribution in [1.82, 2.24) is 15.6 Å². The van der Waals surface area contributed by atoms with Crippen molar-refractivity contribution in [3.63, 3.8) is 0 Å². The second kappa shape index (κ2) is 8.03. The van der Waals surface area contributed by atoms with Gasteiger partial charge in [0.2, 0.25) is 0 Å². The highest BCUT2D eigenvalue weighted by Gasteiger charge is 2.28. The van der Waals surface area contributed by atoms with Crippen LogP contribution in [0.25, 0.3) is 10.9 Å². The molecule has 4 rings (SSSR count). The van der Waals surface area contributed by atoms with Crippen LogP contribution in [-0.2, 0) is 4.74 Å². The number of aryl methyl sites for hydroxylation is 1. The number of benzene rings is 1. The number of nitrogens with one attached hydrogen (secondary N) is 2. The summed E-state index contributed by atoms with van der Waals surface area (Å²) in [6, 6.07) is 9.06. The lowest BCUT2D eigenvalue weighted by atomic mass is 10.0. The zero-order valence-electron chi connectivity index (χ0n) is 16.6. The Labute approximate surface area is 165 Å². The number of pyridine rings is 1. The molecule has 2 fully saturated rings. The molecule has 2 aliphatic rings. The molecule has 0 saturated carbocycles. The molecule has 0 bridgehead atoms. The molecule has 0 aliphatic carbocycles. The van der Waals surface area contributed by atoms with E-state index in [9.17, 15) is 4.79 Å². The Morgan fingerprint density at radius 3 is 2.64 bits per heavy atom. The number of ether oxygens (including phenoxy) is 1. The molecule has 0 radical (unpaired) electrons. The van der Waals surface area contributed by atoms with Crippen LogP contribution in [0.15, 0.2) is 24.3 Å². The Morgan fingerprint density at radius 1 is 1.25 bits per heavy atom. The molecule has 2 aromatic rings. The smallest absolute Gasteiger partial charge is 0.256 e. The Morgan fingerprint density at radius 2 is 2.00 bits per heavy atom. The average Bonchev–Trinajstić information content (AvgIpc) is 2.63. The number of amides is 1. The van der Waals surface area contributed by atoms with Crippen molar-refractivity contribution in [2.75, 3.05) is 31.2 Å². The van der Waals surface area contributed by atoms with E-state index in [4.69, 9.17) is 15.5 Å². The molecule has 150 valence electrons. The lowest BCUT2D eigenvalue weighted by Crippen LogP contribution is -2.53. The molecule has 1 aromatic heterocycles. The Bertz CT molecular complexity index is 857. The van der Waals surface area contributed by atoms with E-state index < -0.39 is 6.17 Å². The minimum Gasteiger partial charge on any atom is -0.378 e. The van der Waals surface area contributed by atoms with Crippen LogP contribution in [0.3, 0.4) is 0 Å². The molecule has 0 spiro atoms. The summed E-state index contributed by atoms with van der Waals surface area (Å²) >= 11 is 0. The molecule has 1 aromatic carbocycles. The lowest BCUT2D eigenvalue weighted by molar-refractivity contribution is -0.0111. The lowest BCUT2D eigenvalue weighted by Gasteiger charge is -2.38. The maximum atomic E-state index is 12.8. The number of hydrogen-bond acceptors (Lipinski definition) is 6. The highest BCUT2D eigenvalue weighted by atomic mass is 16.5. The summed E-state index contributed by atoms with van der Waals surface area (Å²) < 4.78 is 5.25. The molecule has 7 heteroatoms. The summed E-state index contributed by atoms with van der Waals surface area (Å²) in [5.74, 6) is 0.577. The number of aromatic nitrogens is 1. The topological polar surface area (TPSA) is 92.5 Å². The second-order valence-electron chi connectivity index (χ2n) is 7.98. The third-order valence-electron chi connectivity index (χ3n) is 5.46. The number of anilines is 1. The average molecular weight is 383 g/mol. The minimum atomic E-state index is -0.409. The van der Waals surface area contributed by atoms with Gasteiger partial charge in [0.15, 0.2) is 0 Å². The van der Waals surface area contributed by atoms with Crippen LogP contribution in [0.2, 0.25) is 0 Å². The Hall–Kier alpha value is -2.22. The fourth-order valence-corrected chi connectivity index (χ4v) is 3.90. The zero-order chi connectivity index (χ0) is 19.7. The molecular formula is C21H29N5O2. The Balaban J connectivity index is 1.59. The number of carbonyl (C=O) groups is 1. The normalized spacial score (nSPS) is 19.5. The van der Waals surface area contributed by atoms with Crippen molar-refractivity contribution >= 4 is 22.6 Å². The van der Waals surface area contributed by atoms with Gasteiger partial charge in [-0.15, -0.1) is 0 Å². The predicted octanol–water partition coefficient (Wildman–Crippen LogP) is 1.53. The van der Waals surface area contributed by atoms with Gasteiger partial charge in [-0.05, 0) is 44.9 Å². The van der Waals surface area contributed by atoms with Crippen LogP contribution in [0, 0.1) is 6.92 Å². The second-order valence-corrected chi connectivity index (χ2v) is 7.98. The number of nitrogens with zero attached hydrogens (tertiary/aromatic N) is 2. The van der Waals surface area contributed by atoms with Gasteiger partial charge in [0, 0.05) is 24.5 Å². The van der Waals surface area contributed by atoms with E-state index >= 15 is 0 Å². The maximum Gasteiger partial charge on any atom is 0.256 e. The van der Waals surface area contributed by atoms with Crippen molar-refractivity contribution in [3.05, 3.63) is 35.4 Å². The van der Waals surface area contributed by atoms with Crippen LogP contribution in [0.4, 0.5) is 5.82 Å². The number of carbonyl (C=O) groups excluding carboxylic acids is 1. The van der Waals surface area contributed by atoms with Crippen LogP contribution < -0.4 is 21.3 Å². The molecular weight excluding hydrogens is 354 g/mol. The number of hydrogen-bond donors (Lipinski definition) is 3. The molecule has 3 heterocycles. The van der Waals surface area contributed by atoms with Crippen molar-refractivity contribution < 1.29 is 9.53 Å². The van der Waals surface area contributed by atoms with Crippen LogP contribution in [-0.4, -0.2) is 55.4 Å². The van der Waals surface area contributed by atoms with Crippen LogP contribution in [0.5, 0.6) is 0 Å². The van der Waals surface area contributed by atoms with E-state index in [0.717, 1.165) is 61.4 Å². The minimum absolute atomic E-state index is 0.173. The van der Waals surface area contributed by atoms with E-state index in [1.165, 1.54) is 0 Å². The van der Waals surface area contributed by atoms with Crippen molar-refractivity contribution in [2.24, 2.45) is 5.73 Å². The van der Waals surface area contributed by atoms with Crippen molar-refractivity contribution in [1.29, 1.82) is 0 Å². The number of piperidine rings is 1. The van der Waals surface area contributed by atoms with Crippen LogP contribution >= 0.6 is 0 Å². The van der Waals surface area contributed by atoms with E-state index in [1.807, 2.05) is 19.1 Å².